The zero-order chi connectivity index (χ0) is 14.4. The van der Waals surface area contributed by atoms with Crippen molar-refractivity contribution in [1.82, 2.24) is 10.2 Å². The van der Waals surface area contributed by atoms with Gasteiger partial charge in [0.2, 0.25) is 0 Å². The summed E-state index contributed by atoms with van der Waals surface area (Å²) in [4.78, 5) is 13.7. The SMILES string of the molecule is CC(CNC(=O)N1CCOCC1)Oc1ccccc1Br. The van der Waals surface area contributed by atoms with Crippen LogP contribution in [0.3, 0.4) is 0 Å². The Morgan fingerprint density at radius 3 is 2.85 bits per heavy atom. The molecule has 0 saturated carbocycles. The molecule has 1 heterocycles. The van der Waals surface area contributed by atoms with Crippen LogP contribution < -0.4 is 10.1 Å². The molecule has 1 aliphatic heterocycles. The molecule has 1 unspecified atom stereocenters. The Hall–Kier alpha value is -1.27. The maximum absolute atomic E-state index is 11.9. The summed E-state index contributed by atoms with van der Waals surface area (Å²) in [6, 6.07) is 7.61. The van der Waals surface area contributed by atoms with Gasteiger partial charge in [-0.2, -0.15) is 0 Å². The Morgan fingerprint density at radius 2 is 2.15 bits per heavy atom. The molecule has 110 valence electrons. The molecule has 6 heteroatoms. The summed E-state index contributed by atoms with van der Waals surface area (Å²) in [5, 5.41) is 2.88. The molecule has 1 aliphatic rings. The van der Waals surface area contributed by atoms with Crippen molar-refractivity contribution in [2.45, 2.75) is 13.0 Å². The standard InChI is InChI=1S/C14H19BrN2O3/c1-11(20-13-5-3-2-4-12(13)15)10-16-14(18)17-6-8-19-9-7-17/h2-5,11H,6-10H2,1H3,(H,16,18). The lowest BCUT2D eigenvalue weighted by Gasteiger charge is -2.27. The molecule has 2 rings (SSSR count). The molecule has 0 spiro atoms. The number of benzene rings is 1. The van der Waals surface area contributed by atoms with Crippen molar-refractivity contribution in [2.75, 3.05) is 32.8 Å². The van der Waals surface area contributed by atoms with E-state index in [4.69, 9.17) is 9.47 Å². The zero-order valence-electron chi connectivity index (χ0n) is 11.5. The van der Waals surface area contributed by atoms with Crippen LogP contribution in [0.1, 0.15) is 6.92 Å². The maximum atomic E-state index is 11.9. The number of carbonyl (C=O) groups is 1. The fourth-order valence-electron chi connectivity index (χ4n) is 1.91. The van der Waals surface area contributed by atoms with Gasteiger partial charge in [0.15, 0.2) is 0 Å². The largest absolute Gasteiger partial charge is 0.488 e. The highest BCUT2D eigenvalue weighted by Crippen LogP contribution is 2.24. The Balaban J connectivity index is 1.76. The smallest absolute Gasteiger partial charge is 0.317 e. The number of hydrogen-bond donors (Lipinski definition) is 1. The van der Waals surface area contributed by atoms with Crippen LogP contribution >= 0.6 is 15.9 Å². The van der Waals surface area contributed by atoms with E-state index in [1.807, 2.05) is 31.2 Å². The summed E-state index contributed by atoms with van der Waals surface area (Å²) < 4.78 is 11.9. The molecule has 20 heavy (non-hydrogen) atoms. The van der Waals surface area contributed by atoms with Crippen LogP contribution in [-0.4, -0.2) is 49.9 Å². The van der Waals surface area contributed by atoms with E-state index in [9.17, 15) is 4.79 Å². The third-order valence-corrected chi connectivity index (χ3v) is 3.66. The molecule has 5 nitrogen and oxygen atoms in total. The van der Waals surface area contributed by atoms with Crippen molar-refractivity contribution in [2.24, 2.45) is 0 Å². The van der Waals surface area contributed by atoms with Crippen molar-refractivity contribution in [3.63, 3.8) is 0 Å². The van der Waals surface area contributed by atoms with Gasteiger partial charge in [-0.3, -0.25) is 0 Å². The molecule has 0 aliphatic carbocycles. The summed E-state index contributed by atoms with van der Waals surface area (Å²) in [5.74, 6) is 0.778. The quantitative estimate of drug-likeness (QED) is 0.912. The van der Waals surface area contributed by atoms with Crippen LogP contribution in [0.5, 0.6) is 5.75 Å². The molecule has 0 radical (unpaired) electrons. The summed E-state index contributed by atoms with van der Waals surface area (Å²) in [6.07, 6.45) is -0.0984. The van der Waals surface area contributed by atoms with Crippen LogP contribution in [0.25, 0.3) is 0 Å². The van der Waals surface area contributed by atoms with E-state index in [1.165, 1.54) is 0 Å². The van der Waals surface area contributed by atoms with Gasteiger partial charge >= 0.3 is 6.03 Å². The summed E-state index contributed by atoms with van der Waals surface area (Å²) >= 11 is 3.43. The second kappa shape index (κ2) is 7.50. The van der Waals surface area contributed by atoms with Crippen molar-refractivity contribution in [3.8, 4) is 5.75 Å². The first kappa shape index (κ1) is 15.1. The minimum atomic E-state index is -0.0984. The lowest BCUT2D eigenvalue weighted by molar-refractivity contribution is 0.0525. The minimum Gasteiger partial charge on any atom is -0.488 e. The lowest BCUT2D eigenvalue weighted by atomic mass is 10.3. The number of rotatable bonds is 4. The molecular formula is C14H19BrN2O3. The molecule has 0 bridgehead atoms. The number of para-hydroxylation sites is 1. The first-order chi connectivity index (χ1) is 9.66. The van der Waals surface area contributed by atoms with E-state index in [2.05, 4.69) is 21.2 Å². The van der Waals surface area contributed by atoms with Gasteiger partial charge in [0.1, 0.15) is 11.9 Å². The monoisotopic (exact) mass is 342 g/mol. The second-order valence-corrected chi connectivity index (χ2v) is 5.50. The van der Waals surface area contributed by atoms with E-state index in [0.717, 1.165) is 10.2 Å². The van der Waals surface area contributed by atoms with Gasteiger partial charge in [0, 0.05) is 13.1 Å². The van der Waals surface area contributed by atoms with Gasteiger partial charge in [-0.05, 0) is 35.0 Å². The summed E-state index contributed by atoms with van der Waals surface area (Å²) in [6.45, 7) is 4.90. The third kappa shape index (κ3) is 4.38. The molecule has 1 aromatic carbocycles. The molecule has 1 atom stereocenters. The third-order valence-electron chi connectivity index (χ3n) is 3.00. The average Bonchev–Trinajstić information content (AvgIpc) is 2.48. The number of halogens is 1. The highest BCUT2D eigenvalue weighted by Gasteiger charge is 2.17. The van der Waals surface area contributed by atoms with E-state index in [-0.39, 0.29) is 12.1 Å². The number of amides is 2. The average molecular weight is 343 g/mol. The first-order valence-corrected chi connectivity index (χ1v) is 7.48. The summed E-state index contributed by atoms with van der Waals surface area (Å²) in [7, 11) is 0. The van der Waals surface area contributed by atoms with Gasteiger partial charge in [-0.25, -0.2) is 4.79 Å². The van der Waals surface area contributed by atoms with E-state index >= 15 is 0 Å². The van der Waals surface area contributed by atoms with Crippen molar-refractivity contribution >= 4 is 22.0 Å². The van der Waals surface area contributed by atoms with Crippen LogP contribution in [-0.2, 0) is 4.74 Å². The topological polar surface area (TPSA) is 50.8 Å². The number of hydrogen-bond acceptors (Lipinski definition) is 3. The Kier molecular flexibility index (Phi) is 5.67. The Bertz CT molecular complexity index is 450. The summed E-state index contributed by atoms with van der Waals surface area (Å²) in [5.41, 5.74) is 0. The van der Waals surface area contributed by atoms with Crippen LogP contribution in [0.2, 0.25) is 0 Å². The first-order valence-electron chi connectivity index (χ1n) is 6.68. The second-order valence-electron chi connectivity index (χ2n) is 4.64. The van der Waals surface area contributed by atoms with Gasteiger partial charge in [-0.1, -0.05) is 12.1 Å². The predicted molar refractivity (Wildman–Crippen MR) is 80.0 cm³/mol. The maximum Gasteiger partial charge on any atom is 0.317 e. The van der Waals surface area contributed by atoms with Gasteiger partial charge < -0.3 is 19.7 Å². The molecular weight excluding hydrogens is 324 g/mol. The highest BCUT2D eigenvalue weighted by molar-refractivity contribution is 9.10. The molecule has 1 saturated heterocycles. The molecule has 1 N–H and O–H groups in total. The van der Waals surface area contributed by atoms with Crippen LogP contribution in [0.4, 0.5) is 4.79 Å². The molecule has 0 aromatic heterocycles. The number of nitrogens with one attached hydrogen (secondary N) is 1. The van der Waals surface area contributed by atoms with Gasteiger partial charge in [-0.15, -0.1) is 0 Å². The zero-order valence-corrected chi connectivity index (χ0v) is 13.1. The number of morpholine rings is 1. The number of carbonyl (C=O) groups excluding carboxylic acids is 1. The number of urea groups is 1. The van der Waals surface area contributed by atoms with Gasteiger partial charge in [0.05, 0.1) is 24.2 Å². The van der Waals surface area contributed by atoms with Crippen LogP contribution in [0.15, 0.2) is 28.7 Å². The predicted octanol–water partition coefficient (Wildman–Crippen LogP) is 2.26. The lowest BCUT2D eigenvalue weighted by Crippen LogP contribution is -2.48. The minimum absolute atomic E-state index is 0.0594. The highest BCUT2D eigenvalue weighted by atomic mass is 79.9. The van der Waals surface area contributed by atoms with Crippen molar-refractivity contribution < 1.29 is 14.3 Å². The molecule has 1 fully saturated rings. The Morgan fingerprint density at radius 1 is 1.45 bits per heavy atom. The number of nitrogens with zero attached hydrogens (tertiary/aromatic N) is 1. The van der Waals surface area contributed by atoms with Crippen molar-refractivity contribution in [1.29, 1.82) is 0 Å². The van der Waals surface area contributed by atoms with Gasteiger partial charge in [0.25, 0.3) is 0 Å². The van der Waals surface area contributed by atoms with Crippen molar-refractivity contribution in [3.05, 3.63) is 28.7 Å². The molecule has 2 amide bonds. The van der Waals surface area contributed by atoms with E-state index in [0.29, 0.717) is 32.8 Å². The van der Waals surface area contributed by atoms with Crippen LogP contribution in [0, 0.1) is 0 Å². The normalized spacial score (nSPS) is 16.6. The fourth-order valence-corrected chi connectivity index (χ4v) is 2.29. The van der Waals surface area contributed by atoms with E-state index in [1.54, 1.807) is 4.90 Å². The Labute approximate surface area is 127 Å². The number of ether oxygens (including phenoxy) is 2. The molecule has 1 aromatic rings. The van der Waals surface area contributed by atoms with E-state index < -0.39 is 0 Å². The fraction of sp³-hybridized carbons (Fsp3) is 0.500.